The van der Waals surface area contributed by atoms with Crippen LogP contribution in [0.2, 0.25) is 0 Å². The zero-order valence-electron chi connectivity index (χ0n) is 12.6. The van der Waals surface area contributed by atoms with E-state index < -0.39 is 45.9 Å². The molecule has 20 heavy (non-hydrogen) atoms. The Morgan fingerprint density at radius 2 is 1.60 bits per heavy atom. The smallest absolute Gasteiger partial charge is 0.405 e. The van der Waals surface area contributed by atoms with E-state index in [4.69, 9.17) is 4.74 Å². The maximum atomic E-state index is 12.9. The largest absolute Gasteiger partial charge is 0.460 e. The highest BCUT2D eigenvalue weighted by Gasteiger charge is 2.43. The van der Waals surface area contributed by atoms with Crippen LogP contribution in [0.1, 0.15) is 48.0 Å². The van der Waals surface area contributed by atoms with Gasteiger partial charge in [-0.05, 0) is 41.5 Å². The minimum Gasteiger partial charge on any atom is -0.460 e. The Morgan fingerprint density at radius 1 is 1.15 bits per heavy atom. The number of carbonyl (C=O) groups excluding carboxylic acids is 1. The van der Waals surface area contributed by atoms with Gasteiger partial charge in [0.15, 0.2) is 0 Å². The van der Waals surface area contributed by atoms with Crippen LogP contribution in [0.3, 0.4) is 0 Å². The predicted molar refractivity (Wildman–Crippen MR) is 71.3 cm³/mol. The molecule has 0 aliphatic heterocycles. The molecule has 0 aliphatic carbocycles. The molecule has 0 aromatic rings. The lowest BCUT2D eigenvalue weighted by molar-refractivity contribution is -0.172. The minimum absolute atomic E-state index is 0.864. The minimum atomic E-state index is -4.68. The van der Waals surface area contributed by atoms with Crippen LogP contribution in [0, 0.1) is 0 Å². The molecule has 4 nitrogen and oxygen atoms in total. The van der Waals surface area contributed by atoms with Gasteiger partial charge in [-0.3, -0.25) is 4.79 Å². The Balaban J connectivity index is 4.86. The van der Waals surface area contributed by atoms with Gasteiger partial charge in [-0.15, -0.1) is 0 Å². The number of ether oxygens (including phenoxy) is 1. The van der Waals surface area contributed by atoms with Gasteiger partial charge in [0.05, 0.1) is 22.2 Å². The second-order valence-corrected chi connectivity index (χ2v) is 8.38. The molecule has 0 saturated heterocycles. The number of hydrogen-bond acceptors (Lipinski definition) is 3. The van der Waals surface area contributed by atoms with E-state index in [-0.39, 0.29) is 0 Å². The number of hydrogen-bond donors (Lipinski definition) is 1. The van der Waals surface area contributed by atoms with E-state index in [1.54, 1.807) is 20.8 Å². The highest BCUT2D eigenvalue weighted by Crippen LogP contribution is 2.25. The molecule has 1 N–H and O–H groups in total. The number of carbonyl (C=O) groups is 1. The fourth-order valence-corrected chi connectivity index (χ4v) is 1.91. The fourth-order valence-electron chi connectivity index (χ4n) is 1.08. The molecular weight excluding hydrogens is 295 g/mol. The second kappa shape index (κ2) is 6.43. The zero-order chi connectivity index (χ0) is 16.4. The number of halogens is 3. The third-order valence-corrected chi connectivity index (χ3v) is 3.60. The van der Waals surface area contributed by atoms with E-state index in [1.807, 2.05) is 4.72 Å². The van der Waals surface area contributed by atoms with Crippen molar-refractivity contribution in [3.63, 3.8) is 0 Å². The van der Waals surface area contributed by atoms with Gasteiger partial charge in [-0.1, -0.05) is 0 Å². The number of alkyl halides is 3. The number of nitrogens with one attached hydrogen (secondary N) is 1. The molecule has 0 saturated carbocycles. The summed E-state index contributed by atoms with van der Waals surface area (Å²) in [6.45, 7) is 9.31. The molecule has 0 fully saturated rings. The van der Waals surface area contributed by atoms with Crippen LogP contribution in [0.5, 0.6) is 0 Å². The van der Waals surface area contributed by atoms with Crippen molar-refractivity contribution in [1.29, 1.82) is 0 Å². The topological polar surface area (TPSA) is 55.4 Å². The summed E-state index contributed by atoms with van der Waals surface area (Å²) in [5, 5.41) is 0. The van der Waals surface area contributed by atoms with Crippen molar-refractivity contribution < 1.29 is 26.9 Å². The fraction of sp³-hybridized carbons (Fsp3) is 0.917. The van der Waals surface area contributed by atoms with Crippen molar-refractivity contribution in [2.75, 3.05) is 0 Å². The third-order valence-electron chi connectivity index (χ3n) is 1.99. The van der Waals surface area contributed by atoms with Crippen molar-refractivity contribution in [3.05, 3.63) is 0 Å². The Hall–Kier alpha value is -0.630. The molecule has 2 atom stereocenters. The standard InChI is InChI=1S/C12H22F3NO3S/c1-10(2,3)19-9(17)7-8(12(13,14)15)16-20(18)11(4,5)6/h8,16H,7H2,1-6H3/t8-,20?/m0/s1. The maximum Gasteiger partial charge on any atom is 0.405 e. The zero-order valence-corrected chi connectivity index (χ0v) is 13.4. The van der Waals surface area contributed by atoms with Crippen LogP contribution in [-0.4, -0.2) is 32.7 Å². The van der Waals surface area contributed by atoms with Crippen molar-refractivity contribution in [1.82, 2.24) is 4.72 Å². The van der Waals surface area contributed by atoms with E-state index >= 15 is 0 Å². The SMILES string of the molecule is CC(C)(C)OC(=O)C[C@H](NS(=O)C(C)(C)C)C(F)(F)F. The highest BCUT2D eigenvalue weighted by molar-refractivity contribution is 7.84. The van der Waals surface area contributed by atoms with Crippen molar-refractivity contribution in [2.45, 2.75) is 70.5 Å². The van der Waals surface area contributed by atoms with Crippen LogP contribution in [-0.2, 0) is 20.5 Å². The summed E-state index contributed by atoms with van der Waals surface area (Å²) in [6, 6.07) is -2.20. The number of rotatable bonds is 4. The van der Waals surface area contributed by atoms with Gasteiger partial charge in [0.25, 0.3) is 0 Å². The summed E-state index contributed by atoms with van der Waals surface area (Å²) >= 11 is 0. The van der Waals surface area contributed by atoms with E-state index in [2.05, 4.69) is 0 Å². The Morgan fingerprint density at radius 3 is 1.90 bits per heavy atom. The second-order valence-electron chi connectivity index (χ2n) is 6.38. The molecule has 0 bridgehead atoms. The molecule has 0 amide bonds. The summed E-state index contributed by atoms with van der Waals surface area (Å²) in [5.41, 5.74) is -0.865. The van der Waals surface area contributed by atoms with Crippen LogP contribution < -0.4 is 4.72 Å². The maximum absolute atomic E-state index is 12.9. The van der Waals surface area contributed by atoms with Crippen LogP contribution in [0.4, 0.5) is 13.2 Å². The molecular formula is C12H22F3NO3S. The van der Waals surface area contributed by atoms with E-state index in [0.717, 1.165) is 0 Å². The lowest BCUT2D eigenvalue weighted by Gasteiger charge is -2.26. The summed E-state index contributed by atoms with van der Waals surface area (Å²) < 4.78 is 56.3. The molecule has 0 rings (SSSR count). The molecule has 1 unspecified atom stereocenters. The summed E-state index contributed by atoms with van der Waals surface area (Å²) in [6.07, 6.45) is -5.60. The monoisotopic (exact) mass is 317 g/mol. The highest BCUT2D eigenvalue weighted by atomic mass is 32.2. The first-order chi connectivity index (χ1) is 8.63. The summed E-state index contributed by atoms with van der Waals surface area (Å²) in [5.74, 6) is -0.988. The summed E-state index contributed by atoms with van der Waals surface area (Å²) in [4.78, 5) is 11.5. The molecule has 0 heterocycles. The third kappa shape index (κ3) is 7.84. The predicted octanol–water partition coefficient (Wildman–Crippen LogP) is 2.70. The van der Waals surface area contributed by atoms with Gasteiger partial charge in [-0.2, -0.15) is 13.2 Å². The molecule has 0 radical (unpaired) electrons. The van der Waals surface area contributed by atoms with Crippen molar-refractivity contribution in [2.24, 2.45) is 0 Å². The molecule has 8 heteroatoms. The van der Waals surface area contributed by atoms with Crippen LogP contribution >= 0.6 is 0 Å². The Labute approximate surface area is 120 Å². The normalized spacial score (nSPS) is 16.6. The number of esters is 1. The van der Waals surface area contributed by atoms with Crippen molar-refractivity contribution in [3.8, 4) is 0 Å². The van der Waals surface area contributed by atoms with Crippen LogP contribution in [0.15, 0.2) is 0 Å². The Bertz CT molecular complexity index is 370. The van der Waals surface area contributed by atoms with Gasteiger partial charge in [0, 0.05) is 0 Å². The van der Waals surface area contributed by atoms with Gasteiger partial charge in [-0.25, -0.2) is 8.93 Å². The van der Waals surface area contributed by atoms with E-state index in [0.29, 0.717) is 0 Å². The summed E-state index contributed by atoms with van der Waals surface area (Å²) in [7, 11) is -1.93. The lowest BCUT2D eigenvalue weighted by atomic mass is 10.1. The quantitative estimate of drug-likeness (QED) is 0.811. The first-order valence-corrected chi connectivity index (χ1v) is 7.24. The average molecular weight is 317 g/mol. The van der Waals surface area contributed by atoms with Crippen molar-refractivity contribution >= 4 is 17.0 Å². The first-order valence-electron chi connectivity index (χ1n) is 6.09. The average Bonchev–Trinajstić information content (AvgIpc) is 2.09. The van der Waals surface area contributed by atoms with Gasteiger partial charge < -0.3 is 4.74 Å². The van der Waals surface area contributed by atoms with Crippen LogP contribution in [0.25, 0.3) is 0 Å². The molecule has 0 aromatic carbocycles. The molecule has 0 spiro atoms. The molecule has 0 aliphatic rings. The first kappa shape index (κ1) is 19.4. The van der Waals surface area contributed by atoms with Gasteiger partial charge in [0.2, 0.25) is 0 Å². The van der Waals surface area contributed by atoms with Gasteiger partial charge in [0.1, 0.15) is 11.6 Å². The molecule has 0 aromatic heterocycles. The van der Waals surface area contributed by atoms with Gasteiger partial charge >= 0.3 is 12.1 Å². The lowest BCUT2D eigenvalue weighted by Crippen LogP contribution is -2.49. The molecule has 120 valence electrons. The van der Waals surface area contributed by atoms with E-state index in [9.17, 15) is 22.2 Å². The Kier molecular flexibility index (Phi) is 6.22. The van der Waals surface area contributed by atoms with E-state index in [1.165, 1.54) is 20.8 Å².